The van der Waals surface area contributed by atoms with Crippen LogP contribution in [0.15, 0.2) is 36.5 Å². The number of hydrogen-bond acceptors (Lipinski definition) is 6. The van der Waals surface area contributed by atoms with E-state index in [0.717, 1.165) is 19.6 Å². The highest BCUT2D eigenvalue weighted by Crippen LogP contribution is 2.30. The second-order valence-electron chi connectivity index (χ2n) is 4.74. The maximum atomic E-state index is 11.6. The predicted octanol–water partition coefficient (Wildman–Crippen LogP) is 2.66. The van der Waals surface area contributed by atoms with E-state index in [1.54, 1.807) is 30.5 Å². The number of esters is 1. The van der Waals surface area contributed by atoms with E-state index in [4.69, 9.17) is 4.74 Å². The normalized spacial score (nSPS) is 11.3. The van der Waals surface area contributed by atoms with Crippen LogP contribution in [0.5, 0.6) is 5.75 Å². The number of carbonyl (C=O) groups is 2. The number of methoxy groups -OCH3 is 1. The molecule has 0 aliphatic rings. The van der Waals surface area contributed by atoms with E-state index in [1.165, 1.54) is 0 Å². The van der Waals surface area contributed by atoms with Crippen LogP contribution in [0.3, 0.4) is 0 Å². The van der Waals surface area contributed by atoms with Gasteiger partial charge < -0.3 is 14.6 Å². The second kappa shape index (κ2) is 7.40. The van der Waals surface area contributed by atoms with Crippen molar-refractivity contribution in [2.24, 2.45) is 0 Å². The third-order valence-electron chi connectivity index (χ3n) is 3.12. The van der Waals surface area contributed by atoms with Crippen molar-refractivity contribution < 1.29 is 24.2 Å². The summed E-state index contributed by atoms with van der Waals surface area (Å²) in [5.74, 6) is -1.71. The summed E-state index contributed by atoms with van der Waals surface area (Å²) in [5, 5.41) is 10.8. The van der Waals surface area contributed by atoms with Crippen LogP contribution < -0.4 is 4.74 Å². The fourth-order valence-electron chi connectivity index (χ4n) is 2.06. The Hall–Kier alpha value is -2.89. The third-order valence-corrected chi connectivity index (χ3v) is 3.12. The van der Waals surface area contributed by atoms with Crippen molar-refractivity contribution in [3.05, 3.63) is 42.1 Å². The number of aromatic nitrogens is 1. The molecule has 1 heterocycles. The number of pyridine rings is 1. The summed E-state index contributed by atoms with van der Waals surface area (Å²) < 4.78 is 9.96. The van der Waals surface area contributed by atoms with Crippen LogP contribution in [-0.2, 0) is 14.3 Å². The van der Waals surface area contributed by atoms with E-state index in [0.29, 0.717) is 28.8 Å². The molecule has 0 radical (unpaired) electrons. The van der Waals surface area contributed by atoms with Gasteiger partial charge in [0.1, 0.15) is 17.0 Å². The summed E-state index contributed by atoms with van der Waals surface area (Å²) >= 11 is 0. The molecule has 0 unspecified atom stereocenters. The number of ether oxygens (including phenoxy) is 2. The maximum Gasteiger partial charge on any atom is 0.378 e. The molecule has 0 amide bonds. The Morgan fingerprint density at radius 3 is 2.78 bits per heavy atom. The molecule has 0 aliphatic heterocycles. The van der Waals surface area contributed by atoms with Gasteiger partial charge in [-0.05, 0) is 24.6 Å². The summed E-state index contributed by atoms with van der Waals surface area (Å²) in [6.07, 6.45) is 3.31. The van der Waals surface area contributed by atoms with Crippen LogP contribution in [0.4, 0.5) is 0 Å². The number of ketones is 1. The lowest BCUT2D eigenvalue weighted by molar-refractivity contribution is -0.149. The highest BCUT2D eigenvalue weighted by Gasteiger charge is 2.15. The molecule has 120 valence electrons. The number of fused-ring (bicyclic) bond motifs is 1. The molecule has 0 spiro atoms. The van der Waals surface area contributed by atoms with Crippen molar-refractivity contribution in [1.82, 2.24) is 4.98 Å². The monoisotopic (exact) mass is 315 g/mol. The zero-order valence-corrected chi connectivity index (χ0v) is 12.9. The molecule has 0 saturated heterocycles. The number of hydrogen-bond donors (Lipinski definition) is 1. The van der Waals surface area contributed by atoms with Gasteiger partial charge in [0, 0.05) is 23.2 Å². The molecule has 1 N–H and O–H groups in total. The Balaban J connectivity index is 2.48. The third kappa shape index (κ3) is 3.66. The van der Waals surface area contributed by atoms with Crippen molar-refractivity contribution in [1.29, 1.82) is 0 Å². The summed E-state index contributed by atoms with van der Waals surface area (Å²) in [4.78, 5) is 27.0. The first kappa shape index (κ1) is 16.5. The molecule has 0 aliphatic carbocycles. The minimum atomic E-state index is -1.04. The van der Waals surface area contributed by atoms with Crippen LogP contribution >= 0.6 is 0 Å². The molecule has 0 atom stereocenters. The number of rotatable bonds is 6. The first-order valence-corrected chi connectivity index (χ1v) is 7.12. The van der Waals surface area contributed by atoms with Crippen LogP contribution in [0.1, 0.15) is 18.9 Å². The molecule has 0 bridgehead atoms. The maximum absolute atomic E-state index is 11.6. The van der Waals surface area contributed by atoms with Gasteiger partial charge in [0.25, 0.3) is 5.78 Å². The number of benzene rings is 1. The highest BCUT2D eigenvalue weighted by atomic mass is 16.5. The molecule has 1 aromatic heterocycles. The zero-order valence-electron chi connectivity index (χ0n) is 12.9. The van der Waals surface area contributed by atoms with Crippen molar-refractivity contribution in [3.63, 3.8) is 0 Å². The topological polar surface area (TPSA) is 85.7 Å². The lowest BCUT2D eigenvalue weighted by atomic mass is 10.0. The van der Waals surface area contributed by atoms with Gasteiger partial charge in [-0.25, -0.2) is 4.79 Å². The van der Waals surface area contributed by atoms with Gasteiger partial charge in [0.05, 0.1) is 13.7 Å². The molecule has 0 saturated carbocycles. The van der Waals surface area contributed by atoms with Crippen LogP contribution in [0.25, 0.3) is 16.7 Å². The predicted molar refractivity (Wildman–Crippen MR) is 85.2 cm³/mol. The molecule has 23 heavy (non-hydrogen) atoms. The van der Waals surface area contributed by atoms with E-state index in [2.05, 4.69) is 9.72 Å². The Labute approximate surface area is 133 Å². The number of aliphatic hydroxyl groups is 1. The van der Waals surface area contributed by atoms with Crippen molar-refractivity contribution >= 4 is 28.4 Å². The van der Waals surface area contributed by atoms with Gasteiger partial charge in [-0.3, -0.25) is 9.78 Å². The summed E-state index contributed by atoms with van der Waals surface area (Å²) in [7, 11) is 1.10. The minimum Gasteiger partial charge on any atom is -0.507 e. The molecule has 6 nitrogen and oxygen atoms in total. The van der Waals surface area contributed by atoms with Gasteiger partial charge in [-0.2, -0.15) is 0 Å². The van der Waals surface area contributed by atoms with E-state index in [1.807, 2.05) is 6.92 Å². The lowest BCUT2D eigenvalue weighted by Gasteiger charge is -2.11. The van der Waals surface area contributed by atoms with Gasteiger partial charge >= 0.3 is 5.97 Å². The molecule has 2 aromatic rings. The van der Waals surface area contributed by atoms with E-state index in [-0.39, 0.29) is 5.76 Å². The number of aliphatic hydroxyl groups excluding tert-OH is 1. The minimum absolute atomic E-state index is 0.333. The van der Waals surface area contributed by atoms with Gasteiger partial charge in [0.2, 0.25) is 0 Å². The van der Waals surface area contributed by atoms with Gasteiger partial charge in [-0.1, -0.05) is 13.0 Å². The molecule has 6 heteroatoms. The largest absolute Gasteiger partial charge is 0.507 e. The first-order chi connectivity index (χ1) is 11.1. The molecular formula is C17H17NO5. The highest BCUT2D eigenvalue weighted by molar-refractivity contribution is 6.39. The van der Waals surface area contributed by atoms with Crippen molar-refractivity contribution in [2.45, 2.75) is 13.3 Å². The SMILES string of the molecule is CCCOc1ccc(/C(O)=C\C(=O)C(=O)OC)c2cccnc12. The van der Waals surface area contributed by atoms with Crippen LogP contribution in [0.2, 0.25) is 0 Å². The molecule has 2 rings (SSSR count). The average Bonchev–Trinajstić information content (AvgIpc) is 2.58. The molecule has 1 aromatic carbocycles. The smallest absolute Gasteiger partial charge is 0.378 e. The Kier molecular flexibility index (Phi) is 5.30. The average molecular weight is 315 g/mol. The van der Waals surface area contributed by atoms with Gasteiger partial charge in [-0.15, -0.1) is 0 Å². The first-order valence-electron chi connectivity index (χ1n) is 7.12. The van der Waals surface area contributed by atoms with Gasteiger partial charge in [0.15, 0.2) is 0 Å². The molecule has 0 fully saturated rings. The fourth-order valence-corrected chi connectivity index (χ4v) is 2.06. The van der Waals surface area contributed by atoms with Crippen molar-refractivity contribution in [3.8, 4) is 5.75 Å². The number of nitrogens with zero attached hydrogens (tertiary/aromatic N) is 1. The Morgan fingerprint density at radius 2 is 2.09 bits per heavy atom. The van der Waals surface area contributed by atoms with Crippen LogP contribution in [0, 0.1) is 0 Å². The standard InChI is InChI=1S/C17H17NO5/c1-3-9-23-15-7-6-11(12-5-4-8-18-16(12)15)13(19)10-14(20)17(21)22-2/h4-8,10,19H,3,9H2,1-2H3/b13-10+. The second-order valence-corrected chi connectivity index (χ2v) is 4.74. The summed E-state index contributed by atoms with van der Waals surface area (Å²) in [6.45, 7) is 2.55. The van der Waals surface area contributed by atoms with E-state index >= 15 is 0 Å². The lowest BCUT2D eigenvalue weighted by Crippen LogP contribution is -2.13. The summed E-state index contributed by atoms with van der Waals surface area (Å²) in [5.41, 5.74) is 0.957. The van der Waals surface area contributed by atoms with Crippen molar-refractivity contribution in [2.75, 3.05) is 13.7 Å². The Morgan fingerprint density at radius 1 is 1.30 bits per heavy atom. The molecular weight excluding hydrogens is 298 g/mol. The quantitative estimate of drug-likeness (QED) is 0.382. The summed E-state index contributed by atoms with van der Waals surface area (Å²) in [6, 6.07) is 6.76. The van der Waals surface area contributed by atoms with Crippen LogP contribution in [-0.4, -0.2) is 35.6 Å². The fraction of sp³-hybridized carbons (Fsp3) is 0.235. The Bertz CT molecular complexity index is 767. The van der Waals surface area contributed by atoms with E-state index in [9.17, 15) is 14.7 Å². The number of carbonyl (C=O) groups excluding carboxylic acids is 2. The van der Waals surface area contributed by atoms with E-state index < -0.39 is 11.8 Å². The zero-order chi connectivity index (χ0) is 16.8.